The number of rotatable bonds is 5. The predicted octanol–water partition coefficient (Wildman–Crippen LogP) is 1.37. The first-order valence-electron chi connectivity index (χ1n) is 5.61. The Balaban J connectivity index is 2.03. The second-order valence-electron chi connectivity index (χ2n) is 4.09. The van der Waals surface area contributed by atoms with Gasteiger partial charge < -0.3 is 4.74 Å². The quantitative estimate of drug-likeness (QED) is 0.770. The Morgan fingerprint density at radius 2 is 2.00 bits per heavy atom. The summed E-state index contributed by atoms with van der Waals surface area (Å²) in [5.74, 6) is -1.16. The first kappa shape index (κ1) is 14.0. The minimum atomic E-state index is -3.56. The van der Waals surface area contributed by atoms with Gasteiger partial charge in [0.2, 0.25) is 0 Å². The molecule has 1 aliphatic rings. The number of halogens is 1. The third kappa shape index (κ3) is 4.04. The molecule has 0 N–H and O–H groups in total. The summed E-state index contributed by atoms with van der Waals surface area (Å²) in [6.45, 7) is 0.867. The molecule has 0 saturated heterocycles. The average molecular weight is 302 g/mol. The van der Waals surface area contributed by atoms with Crippen molar-refractivity contribution in [2.75, 3.05) is 24.7 Å². The van der Waals surface area contributed by atoms with Gasteiger partial charge in [-0.05, 0) is 24.3 Å². The molecule has 0 unspecified atom stereocenters. The van der Waals surface area contributed by atoms with E-state index in [1.807, 2.05) is 0 Å². The fraction of sp³-hybridized carbons (Fsp3) is 0.333. The van der Waals surface area contributed by atoms with Crippen LogP contribution >= 0.6 is 11.6 Å². The molecule has 0 aliphatic carbocycles. The summed E-state index contributed by atoms with van der Waals surface area (Å²) in [4.78, 5) is 15.7. The van der Waals surface area contributed by atoms with Gasteiger partial charge in [0.05, 0.1) is 6.54 Å². The number of nitrogens with zero attached hydrogens (tertiary/aromatic N) is 1. The van der Waals surface area contributed by atoms with Gasteiger partial charge in [0.25, 0.3) is 0 Å². The molecule has 0 amide bonds. The van der Waals surface area contributed by atoms with E-state index in [1.54, 1.807) is 12.1 Å². The first-order valence-corrected chi connectivity index (χ1v) is 7.81. The van der Waals surface area contributed by atoms with Crippen molar-refractivity contribution in [3.8, 4) is 0 Å². The summed E-state index contributed by atoms with van der Waals surface area (Å²) in [6.07, 6.45) is 0. The Morgan fingerprint density at radius 3 is 2.58 bits per heavy atom. The van der Waals surface area contributed by atoms with Crippen molar-refractivity contribution in [2.24, 2.45) is 4.99 Å². The Hall–Kier alpha value is -1.40. The highest BCUT2D eigenvalue weighted by molar-refractivity contribution is 7.92. The van der Waals surface area contributed by atoms with Crippen molar-refractivity contribution in [1.29, 1.82) is 0 Å². The minimum absolute atomic E-state index is 0.184. The normalized spacial score (nSPS) is 14.9. The van der Waals surface area contributed by atoms with E-state index < -0.39 is 21.4 Å². The monoisotopic (exact) mass is 301 g/mol. The lowest BCUT2D eigenvalue weighted by Gasteiger charge is -2.04. The maximum Gasteiger partial charge on any atom is 0.198 e. The van der Waals surface area contributed by atoms with E-state index in [4.69, 9.17) is 16.3 Å². The van der Waals surface area contributed by atoms with Crippen LogP contribution in [0.1, 0.15) is 10.4 Å². The largest absolute Gasteiger partial charge is 0.478 e. The zero-order valence-corrected chi connectivity index (χ0v) is 11.6. The van der Waals surface area contributed by atoms with Gasteiger partial charge in [-0.2, -0.15) is 0 Å². The van der Waals surface area contributed by atoms with Crippen molar-refractivity contribution in [3.05, 3.63) is 34.9 Å². The SMILES string of the molecule is O=C(CS(=O)(=O)CC1=NCCO1)c1ccc(Cl)cc1. The molecule has 0 radical (unpaired) electrons. The van der Waals surface area contributed by atoms with Crippen LogP contribution in [0.5, 0.6) is 0 Å². The summed E-state index contributed by atoms with van der Waals surface area (Å²) >= 11 is 5.70. The van der Waals surface area contributed by atoms with Crippen molar-refractivity contribution in [2.45, 2.75) is 0 Å². The van der Waals surface area contributed by atoms with E-state index in [-0.39, 0.29) is 11.7 Å². The van der Waals surface area contributed by atoms with Crippen LogP contribution in [0.4, 0.5) is 0 Å². The molecule has 1 aliphatic heterocycles. The van der Waals surface area contributed by atoms with Gasteiger partial charge in [0.1, 0.15) is 18.1 Å². The second kappa shape index (κ2) is 5.71. The molecule has 1 aromatic carbocycles. The van der Waals surface area contributed by atoms with Gasteiger partial charge in [-0.25, -0.2) is 8.42 Å². The van der Waals surface area contributed by atoms with Crippen LogP contribution in [-0.2, 0) is 14.6 Å². The average Bonchev–Trinajstić information content (AvgIpc) is 2.81. The molecule has 1 heterocycles. The Labute approximate surface area is 116 Å². The van der Waals surface area contributed by atoms with Crippen LogP contribution in [0.15, 0.2) is 29.3 Å². The van der Waals surface area contributed by atoms with Gasteiger partial charge >= 0.3 is 0 Å². The van der Waals surface area contributed by atoms with Gasteiger partial charge in [0.15, 0.2) is 21.5 Å². The smallest absolute Gasteiger partial charge is 0.198 e. The highest BCUT2D eigenvalue weighted by atomic mass is 35.5. The highest BCUT2D eigenvalue weighted by Gasteiger charge is 2.22. The maximum atomic E-state index is 11.8. The number of hydrogen-bond acceptors (Lipinski definition) is 5. The minimum Gasteiger partial charge on any atom is -0.478 e. The summed E-state index contributed by atoms with van der Waals surface area (Å²) in [5, 5.41) is 0.494. The number of ketones is 1. The molecular weight excluding hydrogens is 290 g/mol. The molecule has 5 nitrogen and oxygen atoms in total. The number of carbonyl (C=O) groups excluding carboxylic acids is 1. The van der Waals surface area contributed by atoms with Crippen LogP contribution in [0.2, 0.25) is 5.02 Å². The summed E-state index contributed by atoms with van der Waals surface area (Å²) in [7, 11) is -3.56. The Bertz CT molecular complexity index is 607. The molecular formula is C12H12ClNO4S. The highest BCUT2D eigenvalue weighted by Crippen LogP contribution is 2.11. The number of sulfone groups is 1. The molecule has 7 heteroatoms. The van der Waals surface area contributed by atoms with E-state index in [1.165, 1.54) is 12.1 Å². The standard InChI is InChI=1S/C12H12ClNO4S/c13-10-3-1-9(2-4-10)11(15)7-19(16,17)8-12-14-5-6-18-12/h1-4H,5-8H2. The molecule has 0 atom stereocenters. The second-order valence-corrected chi connectivity index (χ2v) is 6.59. The van der Waals surface area contributed by atoms with Crippen LogP contribution < -0.4 is 0 Å². The lowest BCUT2D eigenvalue weighted by atomic mass is 10.1. The van der Waals surface area contributed by atoms with Crippen molar-refractivity contribution >= 4 is 33.1 Å². The molecule has 0 bridgehead atoms. The van der Waals surface area contributed by atoms with Crippen molar-refractivity contribution in [1.82, 2.24) is 0 Å². The van der Waals surface area contributed by atoms with Crippen LogP contribution in [-0.4, -0.2) is 44.8 Å². The number of aliphatic imine (C=N–C) groups is 1. The van der Waals surface area contributed by atoms with Crippen LogP contribution in [0, 0.1) is 0 Å². The van der Waals surface area contributed by atoms with E-state index >= 15 is 0 Å². The van der Waals surface area contributed by atoms with Crippen molar-refractivity contribution in [3.63, 3.8) is 0 Å². The summed E-state index contributed by atoms with van der Waals surface area (Å²) in [6, 6.07) is 6.10. The first-order chi connectivity index (χ1) is 8.96. The number of Topliss-reactive ketones (excluding diaryl/α,β-unsaturated/α-hetero) is 1. The topological polar surface area (TPSA) is 72.8 Å². The van der Waals surface area contributed by atoms with E-state index in [0.717, 1.165) is 0 Å². The van der Waals surface area contributed by atoms with Gasteiger partial charge in [-0.15, -0.1) is 0 Å². The third-order valence-electron chi connectivity index (χ3n) is 2.51. The van der Waals surface area contributed by atoms with Gasteiger partial charge in [0, 0.05) is 10.6 Å². The molecule has 0 aromatic heterocycles. The summed E-state index contributed by atoms with van der Waals surface area (Å²) < 4.78 is 28.7. The number of ether oxygens (including phenoxy) is 1. The molecule has 0 saturated carbocycles. The number of carbonyl (C=O) groups is 1. The number of hydrogen-bond donors (Lipinski definition) is 0. The van der Waals surface area contributed by atoms with E-state index in [2.05, 4.69) is 4.99 Å². The lowest BCUT2D eigenvalue weighted by Crippen LogP contribution is -2.24. The molecule has 102 valence electrons. The van der Waals surface area contributed by atoms with E-state index in [0.29, 0.717) is 23.7 Å². The number of benzene rings is 1. The third-order valence-corrected chi connectivity index (χ3v) is 4.15. The van der Waals surface area contributed by atoms with E-state index in [9.17, 15) is 13.2 Å². The zero-order valence-electron chi connectivity index (χ0n) is 10.0. The van der Waals surface area contributed by atoms with Gasteiger partial charge in [-0.1, -0.05) is 11.6 Å². The fourth-order valence-electron chi connectivity index (χ4n) is 1.62. The van der Waals surface area contributed by atoms with Crippen LogP contribution in [0.3, 0.4) is 0 Å². The molecule has 2 rings (SSSR count). The Kier molecular flexibility index (Phi) is 4.21. The summed E-state index contributed by atoms with van der Waals surface area (Å²) in [5.41, 5.74) is 0.322. The molecule has 0 spiro atoms. The van der Waals surface area contributed by atoms with Gasteiger partial charge in [-0.3, -0.25) is 9.79 Å². The maximum absolute atomic E-state index is 11.8. The predicted molar refractivity (Wildman–Crippen MR) is 72.7 cm³/mol. The lowest BCUT2D eigenvalue weighted by molar-refractivity contribution is 0.102. The van der Waals surface area contributed by atoms with Crippen molar-refractivity contribution < 1.29 is 17.9 Å². The Morgan fingerprint density at radius 1 is 1.32 bits per heavy atom. The fourth-order valence-corrected chi connectivity index (χ4v) is 2.97. The molecule has 0 fully saturated rings. The molecule has 19 heavy (non-hydrogen) atoms. The van der Waals surface area contributed by atoms with Crippen LogP contribution in [0.25, 0.3) is 0 Å². The molecule has 1 aromatic rings. The zero-order chi connectivity index (χ0) is 13.9.